The molecule has 1 aromatic carbocycles. The third-order valence-corrected chi connectivity index (χ3v) is 4.71. The van der Waals surface area contributed by atoms with Gasteiger partial charge >= 0.3 is 0 Å². The van der Waals surface area contributed by atoms with Crippen LogP contribution in [0.2, 0.25) is 0 Å². The van der Waals surface area contributed by atoms with E-state index >= 15 is 0 Å². The molecule has 0 aliphatic heterocycles. The van der Waals surface area contributed by atoms with Gasteiger partial charge in [0.15, 0.2) is 5.96 Å². The average molecular weight is 368 g/mol. The van der Waals surface area contributed by atoms with Crippen molar-refractivity contribution >= 4 is 17.3 Å². The predicted octanol–water partition coefficient (Wildman–Crippen LogP) is 3.29. The van der Waals surface area contributed by atoms with E-state index in [0.29, 0.717) is 6.54 Å². The minimum Gasteiger partial charge on any atom is -0.357 e. The molecule has 5 nitrogen and oxygen atoms in total. The summed E-state index contributed by atoms with van der Waals surface area (Å²) in [6.45, 7) is 5.26. The minimum atomic E-state index is 0.696. The van der Waals surface area contributed by atoms with Gasteiger partial charge in [-0.2, -0.15) is 11.3 Å². The van der Waals surface area contributed by atoms with Crippen molar-refractivity contribution in [2.24, 2.45) is 4.99 Å². The lowest BCUT2D eigenvalue weighted by Crippen LogP contribution is -2.38. The molecule has 0 spiro atoms. The van der Waals surface area contributed by atoms with E-state index in [1.807, 2.05) is 18.5 Å². The summed E-state index contributed by atoms with van der Waals surface area (Å²) in [6, 6.07) is 12.6. The molecule has 0 fully saturated rings. The maximum absolute atomic E-state index is 4.64. The van der Waals surface area contributed by atoms with Crippen molar-refractivity contribution in [3.63, 3.8) is 0 Å². The Morgan fingerprint density at radius 2 is 2.04 bits per heavy atom. The SMILES string of the molecule is CCNC(=NCc1ccsc1)NCCc1nccn1Cc1ccccc1. The van der Waals surface area contributed by atoms with Crippen molar-refractivity contribution in [1.82, 2.24) is 20.2 Å². The molecular formula is C20H25N5S. The minimum absolute atomic E-state index is 0.696. The number of guanidine groups is 1. The number of hydrogen-bond acceptors (Lipinski definition) is 3. The van der Waals surface area contributed by atoms with Gasteiger partial charge in [0.05, 0.1) is 6.54 Å². The smallest absolute Gasteiger partial charge is 0.191 e. The fourth-order valence-electron chi connectivity index (χ4n) is 2.68. The van der Waals surface area contributed by atoms with Gasteiger partial charge in [-0.15, -0.1) is 0 Å². The molecule has 0 radical (unpaired) electrons. The summed E-state index contributed by atoms with van der Waals surface area (Å²) in [4.78, 5) is 9.14. The highest BCUT2D eigenvalue weighted by Gasteiger charge is 2.04. The lowest BCUT2D eigenvalue weighted by molar-refractivity contribution is 0.694. The number of thiophene rings is 1. The molecule has 0 bridgehead atoms. The van der Waals surface area contributed by atoms with E-state index in [1.54, 1.807) is 11.3 Å². The average Bonchev–Trinajstić information content (AvgIpc) is 3.33. The molecule has 26 heavy (non-hydrogen) atoms. The maximum Gasteiger partial charge on any atom is 0.191 e. The monoisotopic (exact) mass is 367 g/mol. The Morgan fingerprint density at radius 1 is 1.15 bits per heavy atom. The lowest BCUT2D eigenvalue weighted by Gasteiger charge is -2.12. The summed E-state index contributed by atoms with van der Waals surface area (Å²) in [6.07, 6.45) is 4.76. The first-order valence-corrected chi connectivity index (χ1v) is 9.86. The first-order chi connectivity index (χ1) is 12.8. The second-order valence-corrected chi connectivity index (χ2v) is 6.74. The molecule has 0 saturated heterocycles. The van der Waals surface area contributed by atoms with Crippen LogP contribution in [0.3, 0.4) is 0 Å². The zero-order valence-corrected chi connectivity index (χ0v) is 15.9. The van der Waals surface area contributed by atoms with Crippen LogP contribution in [-0.2, 0) is 19.5 Å². The van der Waals surface area contributed by atoms with Crippen LogP contribution in [0.1, 0.15) is 23.9 Å². The van der Waals surface area contributed by atoms with Crippen LogP contribution in [-0.4, -0.2) is 28.6 Å². The highest BCUT2D eigenvalue weighted by molar-refractivity contribution is 7.07. The second-order valence-electron chi connectivity index (χ2n) is 5.96. The van der Waals surface area contributed by atoms with Gasteiger partial charge in [-0.05, 0) is 34.9 Å². The molecule has 0 saturated carbocycles. The van der Waals surface area contributed by atoms with Crippen molar-refractivity contribution in [1.29, 1.82) is 0 Å². The Morgan fingerprint density at radius 3 is 2.81 bits per heavy atom. The van der Waals surface area contributed by atoms with Crippen LogP contribution >= 0.6 is 11.3 Å². The van der Waals surface area contributed by atoms with E-state index in [9.17, 15) is 0 Å². The fraction of sp³-hybridized carbons (Fsp3) is 0.300. The number of benzene rings is 1. The zero-order chi connectivity index (χ0) is 18.0. The molecule has 0 unspecified atom stereocenters. The van der Waals surface area contributed by atoms with E-state index < -0.39 is 0 Å². The fourth-order valence-corrected chi connectivity index (χ4v) is 3.34. The van der Waals surface area contributed by atoms with Crippen LogP contribution in [0.4, 0.5) is 0 Å². The first-order valence-electron chi connectivity index (χ1n) is 8.92. The number of hydrogen-bond donors (Lipinski definition) is 2. The number of aromatic nitrogens is 2. The summed E-state index contributed by atoms with van der Waals surface area (Å²) < 4.78 is 2.20. The van der Waals surface area contributed by atoms with Gasteiger partial charge in [0.25, 0.3) is 0 Å². The third-order valence-electron chi connectivity index (χ3n) is 3.98. The van der Waals surface area contributed by atoms with Crippen molar-refractivity contribution in [3.8, 4) is 0 Å². The molecule has 3 rings (SSSR count). The third kappa shape index (κ3) is 5.46. The summed E-state index contributed by atoms with van der Waals surface area (Å²) in [5, 5.41) is 10.9. The maximum atomic E-state index is 4.64. The molecule has 0 aliphatic carbocycles. The van der Waals surface area contributed by atoms with E-state index in [1.165, 1.54) is 11.1 Å². The van der Waals surface area contributed by atoms with E-state index in [0.717, 1.165) is 37.8 Å². The van der Waals surface area contributed by atoms with E-state index in [-0.39, 0.29) is 0 Å². The van der Waals surface area contributed by atoms with Gasteiger partial charge in [-0.1, -0.05) is 30.3 Å². The number of rotatable bonds is 8. The van der Waals surface area contributed by atoms with Gasteiger partial charge < -0.3 is 15.2 Å². The summed E-state index contributed by atoms with van der Waals surface area (Å²) in [7, 11) is 0. The highest BCUT2D eigenvalue weighted by atomic mass is 32.1. The predicted molar refractivity (Wildman–Crippen MR) is 109 cm³/mol. The Kier molecular flexibility index (Phi) is 6.84. The summed E-state index contributed by atoms with van der Waals surface area (Å²) >= 11 is 1.70. The van der Waals surface area contributed by atoms with Crippen LogP contribution in [0.5, 0.6) is 0 Å². The number of nitrogens with one attached hydrogen (secondary N) is 2. The topological polar surface area (TPSA) is 54.2 Å². The number of imidazole rings is 1. The Labute approximate surface area is 158 Å². The van der Waals surface area contributed by atoms with Gasteiger partial charge in [-0.3, -0.25) is 0 Å². The van der Waals surface area contributed by atoms with Crippen molar-refractivity contribution in [2.45, 2.75) is 26.4 Å². The molecule has 0 amide bonds. The van der Waals surface area contributed by atoms with Crippen LogP contribution in [0.25, 0.3) is 0 Å². The van der Waals surface area contributed by atoms with Gasteiger partial charge in [0.1, 0.15) is 5.82 Å². The van der Waals surface area contributed by atoms with Crippen LogP contribution in [0.15, 0.2) is 64.5 Å². The molecule has 0 aliphatic rings. The normalized spacial score (nSPS) is 11.5. The molecule has 6 heteroatoms. The lowest BCUT2D eigenvalue weighted by atomic mass is 10.2. The van der Waals surface area contributed by atoms with Crippen molar-refractivity contribution < 1.29 is 0 Å². The van der Waals surface area contributed by atoms with Gasteiger partial charge in [0, 0.05) is 38.4 Å². The molecule has 2 heterocycles. The van der Waals surface area contributed by atoms with Crippen LogP contribution in [0, 0.1) is 0 Å². The zero-order valence-electron chi connectivity index (χ0n) is 15.1. The molecule has 0 atom stereocenters. The van der Waals surface area contributed by atoms with Crippen molar-refractivity contribution in [3.05, 3.63) is 76.5 Å². The molecular weight excluding hydrogens is 342 g/mol. The molecule has 136 valence electrons. The standard InChI is InChI=1S/C20H25N5S/c1-2-21-20(24-14-18-9-13-26-16-18)23-10-8-19-22-11-12-25(19)15-17-6-4-3-5-7-17/h3-7,9,11-13,16H,2,8,10,14-15H2,1H3,(H2,21,23,24). The number of nitrogens with zero attached hydrogens (tertiary/aromatic N) is 3. The Hall–Kier alpha value is -2.60. The van der Waals surface area contributed by atoms with Gasteiger partial charge in [-0.25, -0.2) is 9.98 Å². The summed E-state index contributed by atoms with van der Waals surface area (Å²) in [5.41, 5.74) is 2.52. The molecule has 2 aromatic heterocycles. The van der Waals surface area contributed by atoms with E-state index in [2.05, 4.69) is 73.2 Å². The highest BCUT2D eigenvalue weighted by Crippen LogP contribution is 2.07. The molecule has 3 aromatic rings. The Balaban J connectivity index is 1.53. The second kappa shape index (κ2) is 9.77. The molecule has 2 N–H and O–H groups in total. The van der Waals surface area contributed by atoms with E-state index in [4.69, 9.17) is 0 Å². The summed E-state index contributed by atoms with van der Waals surface area (Å²) in [5.74, 6) is 1.93. The first kappa shape index (κ1) is 18.2. The quantitative estimate of drug-likeness (QED) is 0.474. The Bertz CT molecular complexity index is 793. The van der Waals surface area contributed by atoms with Gasteiger partial charge in [0.2, 0.25) is 0 Å². The number of aliphatic imine (C=N–C) groups is 1. The largest absolute Gasteiger partial charge is 0.357 e. The van der Waals surface area contributed by atoms with Crippen LogP contribution < -0.4 is 10.6 Å². The van der Waals surface area contributed by atoms with Crippen molar-refractivity contribution in [2.75, 3.05) is 13.1 Å².